The molecule has 2 saturated heterocycles. The van der Waals surface area contributed by atoms with Crippen LogP contribution in [0.3, 0.4) is 0 Å². The van der Waals surface area contributed by atoms with E-state index in [1.54, 1.807) is 0 Å². The number of hydrogen-bond donors (Lipinski definition) is 4. The molecule has 0 aromatic carbocycles. The Morgan fingerprint density at radius 3 is 2.25 bits per heavy atom. The summed E-state index contributed by atoms with van der Waals surface area (Å²) in [6.07, 6.45) is 4.55. The number of aliphatic carboxylic acids is 2. The molecule has 2 aliphatic heterocycles. The molecule has 10 nitrogen and oxygen atoms in total. The van der Waals surface area contributed by atoms with Gasteiger partial charge in [0.2, 0.25) is 0 Å². The Morgan fingerprint density at radius 2 is 1.75 bits per heavy atom. The average molecular weight is 454 g/mol. The lowest BCUT2D eigenvalue weighted by Crippen LogP contribution is -2.36. The third kappa shape index (κ3) is 10.5. The number of carboxylic acid groups (broad SMARTS) is 2. The summed E-state index contributed by atoms with van der Waals surface area (Å²) in [6, 6.07) is 1.86. The fourth-order valence-corrected chi connectivity index (χ4v) is 3.62. The zero-order valence-corrected chi connectivity index (χ0v) is 19.1. The summed E-state index contributed by atoms with van der Waals surface area (Å²) in [6.45, 7) is 9.41. The number of carbonyl (C=O) groups is 3. The van der Waals surface area contributed by atoms with Crippen molar-refractivity contribution in [2.75, 3.05) is 39.3 Å². The second-order valence-electron chi connectivity index (χ2n) is 7.88. The number of carbonyl (C=O) groups excluding carboxylic acids is 1. The molecule has 1 atom stereocenters. The van der Waals surface area contributed by atoms with Crippen LogP contribution in [-0.4, -0.2) is 72.2 Å². The summed E-state index contributed by atoms with van der Waals surface area (Å²) in [5, 5.41) is 21.0. The molecule has 32 heavy (non-hydrogen) atoms. The van der Waals surface area contributed by atoms with Crippen molar-refractivity contribution in [1.29, 1.82) is 0 Å². The standard InChI is InChI=1S/C18H27N3O3.2C2H4O2/c1-13-11-15(14-5-4-6-19-12-14)24-18(23)16(13)17(22)20-7-10-21-8-2-3-9-21;2*1-2(3)4/h11,14,19H,2-10,12H2,1H3,(H,20,22);2*1H3,(H,3,4). The maximum Gasteiger partial charge on any atom is 0.349 e. The van der Waals surface area contributed by atoms with E-state index in [0.29, 0.717) is 17.9 Å². The molecule has 0 bridgehead atoms. The molecule has 0 spiro atoms. The summed E-state index contributed by atoms with van der Waals surface area (Å²) >= 11 is 0. The van der Waals surface area contributed by atoms with Gasteiger partial charge in [-0.25, -0.2) is 4.79 Å². The molecule has 0 aliphatic carbocycles. The third-order valence-electron chi connectivity index (χ3n) is 5.01. The predicted molar refractivity (Wildman–Crippen MR) is 119 cm³/mol. The van der Waals surface area contributed by atoms with E-state index in [1.165, 1.54) is 12.8 Å². The SMILES string of the molecule is CC(=O)O.CC(=O)O.Cc1cc(C2CCCNC2)oc(=O)c1C(=O)NCCN1CCCC1. The van der Waals surface area contributed by atoms with Crippen LogP contribution < -0.4 is 16.3 Å². The highest BCUT2D eigenvalue weighted by molar-refractivity contribution is 5.95. The first-order valence-electron chi connectivity index (χ1n) is 10.9. The molecule has 1 aromatic heterocycles. The minimum absolute atomic E-state index is 0.143. The molecule has 10 heteroatoms. The first kappa shape index (κ1) is 27.3. The summed E-state index contributed by atoms with van der Waals surface area (Å²) in [5.74, 6) is -1.08. The number of hydrogen-bond acceptors (Lipinski definition) is 7. The van der Waals surface area contributed by atoms with Gasteiger partial charge in [0.05, 0.1) is 0 Å². The van der Waals surface area contributed by atoms with Gasteiger partial charge in [-0.2, -0.15) is 0 Å². The normalized spacial score (nSPS) is 17.9. The van der Waals surface area contributed by atoms with Crippen LogP contribution in [0.15, 0.2) is 15.3 Å². The Labute approximate surface area is 188 Å². The topological polar surface area (TPSA) is 149 Å². The van der Waals surface area contributed by atoms with E-state index < -0.39 is 17.6 Å². The molecule has 0 saturated carbocycles. The number of carboxylic acids is 2. The van der Waals surface area contributed by atoms with Gasteiger partial charge in [-0.15, -0.1) is 0 Å². The summed E-state index contributed by atoms with van der Waals surface area (Å²) in [4.78, 5) is 45.0. The molecule has 3 rings (SSSR count). The molecule has 2 aliphatic rings. The molecular weight excluding hydrogens is 418 g/mol. The van der Waals surface area contributed by atoms with Crippen molar-refractivity contribution < 1.29 is 29.0 Å². The number of nitrogens with zero attached hydrogens (tertiary/aromatic N) is 1. The van der Waals surface area contributed by atoms with Gasteiger partial charge >= 0.3 is 5.63 Å². The first-order chi connectivity index (χ1) is 15.1. The van der Waals surface area contributed by atoms with E-state index in [4.69, 9.17) is 24.2 Å². The number of aryl methyl sites for hydroxylation is 1. The fourth-order valence-electron chi connectivity index (χ4n) is 3.62. The van der Waals surface area contributed by atoms with Crippen LogP contribution in [0, 0.1) is 6.92 Å². The van der Waals surface area contributed by atoms with Crippen molar-refractivity contribution >= 4 is 17.8 Å². The van der Waals surface area contributed by atoms with Crippen LogP contribution in [0.4, 0.5) is 0 Å². The van der Waals surface area contributed by atoms with Gasteiger partial charge in [0, 0.05) is 39.4 Å². The van der Waals surface area contributed by atoms with Gasteiger partial charge < -0.3 is 30.2 Å². The summed E-state index contributed by atoms with van der Waals surface area (Å²) in [7, 11) is 0. The lowest BCUT2D eigenvalue weighted by atomic mass is 9.95. The average Bonchev–Trinajstić information content (AvgIpc) is 3.21. The van der Waals surface area contributed by atoms with Gasteiger partial charge in [0.1, 0.15) is 11.3 Å². The van der Waals surface area contributed by atoms with Crippen molar-refractivity contribution in [3.63, 3.8) is 0 Å². The van der Waals surface area contributed by atoms with E-state index in [9.17, 15) is 9.59 Å². The first-order valence-corrected chi connectivity index (χ1v) is 10.9. The largest absolute Gasteiger partial charge is 0.481 e. The van der Waals surface area contributed by atoms with Crippen molar-refractivity contribution in [2.24, 2.45) is 0 Å². The number of rotatable bonds is 5. The Kier molecular flexibility index (Phi) is 12.3. The maximum atomic E-state index is 12.3. The van der Waals surface area contributed by atoms with Crippen LogP contribution in [-0.2, 0) is 9.59 Å². The Bertz CT molecular complexity index is 790. The van der Waals surface area contributed by atoms with Crippen LogP contribution in [0.5, 0.6) is 0 Å². The van der Waals surface area contributed by atoms with Crippen molar-refractivity contribution in [3.8, 4) is 0 Å². The lowest BCUT2D eigenvalue weighted by Gasteiger charge is -2.22. The number of piperidine rings is 1. The highest BCUT2D eigenvalue weighted by atomic mass is 16.4. The molecule has 1 unspecified atom stereocenters. The lowest BCUT2D eigenvalue weighted by molar-refractivity contribution is -0.135. The Balaban J connectivity index is 0.000000554. The highest BCUT2D eigenvalue weighted by Crippen LogP contribution is 2.23. The Hall–Kier alpha value is -2.72. The van der Waals surface area contributed by atoms with E-state index in [1.807, 2.05) is 13.0 Å². The molecule has 1 amide bonds. The van der Waals surface area contributed by atoms with Gasteiger partial charge in [0.15, 0.2) is 0 Å². The molecule has 0 radical (unpaired) electrons. The minimum Gasteiger partial charge on any atom is -0.481 e. The van der Waals surface area contributed by atoms with Crippen molar-refractivity contribution in [3.05, 3.63) is 33.4 Å². The maximum absolute atomic E-state index is 12.3. The van der Waals surface area contributed by atoms with E-state index in [0.717, 1.165) is 59.4 Å². The predicted octanol–water partition coefficient (Wildman–Crippen LogP) is 1.42. The quantitative estimate of drug-likeness (QED) is 0.519. The second-order valence-corrected chi connectivity index (χ2v) is 7.88. The number of likely N-dealkylation sites (tertiary alicyclic amines) is 1. The van der Waals surface area contributed by atoms with E-state index in [2.05, 4.69) is 15.5 Å². The summed E-state index contributed by atoms with van der Waals surface area (Å²) < 4.78 is 5.46. The fraction of sp³-hybridized carbons (Fsp3) is 0.636. The second kappa shape index (κ2) is 14.4. The Morgan fingerprint density at radius 1 is 1.16 bits per heavy atom. The van der Waals surface area contributed by atoms with Gasteiger partial charge in [0.25, 0.3) is 17.8 Å². The number of nitrogens with one attached hydrogen (secondary N) is 2. The van der Waals surface area contributed by atoms with E-state index in [-0.39, 0.29) is 17.4 Å². The van der Waals surface area contributed by atoms with Crippen LogP contribution in [0.1, 0.15) is 67.1 Å². The molecule has 2 fully saturated rings. The number of amides is 1. The van der Waals surface area contributed by atoms with Crippen molar-refractivity contribution in [1.82, 2.24) is 15.5 Å². The van der Waals surface area contributed by atoms with Crippen LogP contribution in [0.25, 0.3) is 0 Å². The minimum atomic E-state index is -0.833. The van der Waals surface area contributed by atoms with Crippen LogP contribution in [0.2, 0.25) is 0 Å². The monoisotopic (exact) mass is 453 g/mol. The van der Waals surface area contributed by atoms with Crippen molar-refractivity contribution in [2.45, 2.75) is 52.4 Å². The third-order valence-corrected chi connectivity index (χ3v) is 5.01. The van der Waals surface area contributed by atoms with E-state index >= 15 is 0 Å². The molecule has 1 aromatic rings. The smallest absolute Gasteiger partial charge is 0.349 e. The molecule has 180 valence electrons. The summed E-state index contributed by atoms with van der Waals surface area (Å²) in [5.41, 5.74) is 0.323. The highest BCUT2D eigenvalue weighted by Gasteiger charge is 2.22. The van der Waals surface area contributed by atoms with Crippen LogP contribution >= 0.6 is 0 Å². The van der Waals surface area contributed by atoms with Gasteiger partial charge in [-0.3, -0.25) is 14.4 Å². The van der Waals surface area contributed by atoms with Gasteiger partial charge in [-0.05, 0) is 63.9 Å². The zero-order chi connectivity index (χ0) is 24.1. The zero-order valence-electron chi connectivity index (χ0n) is 19.1. The molecule has 4 N–H and O–H groups in total. The molecular formula is C22H35N3O7. The molecule has 3 heterocycles. The van der Waals surface area contributed by atoms with Gasteiger partial charge in [-0.1, -0.05) is 0 Å².